The number of benzene rings is 1. The molecule has 1 heterocycles. The van der Waals surface area contributed by atoms with Gasteiger partial charge in [-0.3, -0.25) is 4.79 Å². The Bertz CT molecular complexity index is 406. The molecule has 1 aromatic rings. The number of piperazine rings is 1. The van der Waals surface area contributed by atoms with Crippen molar-refractivity contribution in [3.05, 3.63) is 30.1 Å². The van der Waals surface area contributed by atoms with Crippen molar-refractivity contribution in [1.82, 2.24) is 10.2 Å². The summed E-state index contributed by atoms with van der Waals surface area (Å²) in [7, 11) is 0. The first-order valence-corrected chi connectivity index (χ1v) is 6.12. The third-order valence-corrected chi connectivity index (χ3v) is 2.85. The quantitative estimate of drug-likeness (QED) is 0.870. The minimum Gasteiger partial charge on any atom is -0.493 e. The molecule has 1 saturated heterocycles. The van der Waals surface area contributed by atoms with Gasteiger partial charge in [0.1, 0.15) is 11.6 Å². The van der Waals surface area contributed by atoms with Gasteiger partial charge in [0.15, 0.2) is 0 Å². The second-order valence-electron chi connectivity index (χ2n) is 4.19. The molecule has 1 N–H and O–H groups in total. The van der Waals surface area contributed by atoms with Crippen LogP contribution in [0.2, 0.25) is 0 Å². The molecule has 1 aliphatic heterocycles. The number of carbonyl (C=O) groups is 1. The molecule has 98 valence electrons. The SMILES string of the molecule is O=C(CCOc1cccc(F)c1)N1CCNCC1. The fourth-order valence-electron chi connectivity index (χ4n) is 1.89. The Labute approximate surface area is 106 Å². The van der Waals surface area contributed by atoms with E-state index in [1.807, 2.05) is 4.90 Å². The minimum atomic E-state index is -0.332. The maximum atomic E-state index is 12.9. The van der Waals surface area contributed by atoms with Crippen molar-refractivity contribution in [3.63, 3.8) is 0 Å². The number of ether oxygens (including phenoxy) is 1. The topological polar surface area (TPSA) is 41.6 Å². The van der Waals surface area contributed by atoms with E-state index in [0.29, 0.717) is 12.2 Å². The van der Waals surface area contributed by atoms with Crippen molar-refractivity contribution in [3.8, 4) is 5.75 Å². The predicted octanol–water partition coefficient (Wildman–Crippen LogP) is 1.03. The van der Waals surface area contributed by atoms with E-state index < -0.39 is 0 Å². The van der Waals surface area contributed by atoms with Crippen LogP contribution in [0, 0.1) is 5.82 Å². The van der Waals surface area contributed by atoms with Gasteiger partial charge in [-0.1, -0.05) is 6.07 Å². The summed E-state index contributed by atoms with van der Waals surface area (Å²) in [5.74, 6) is 0.219. The van der Waals surface area contributed by atoms with E-state index in [-0.39, 0.29) is 18.3 Å². The van der Waals surface area contributed by atoms with Crippen molar-refractivity contribution >= 4 is 5.91 Å². The molecule has 0 unspecified atom stereocenters. The molecule has 0 radical (unpaired) electrons. The number of hydrogen-bond donors (Lipinski definition) is 1. The Morgan fingerprint density at radius 2 is 2.17 bits per heavy atom. The van der Waals surface area contributed by atoms with Gasteiger partial charge >= 0.3 is 0 Å². The number of rotatable bonds is 4. The van der Waals surface area contributed by atoms with Gasteiger partial charge in [0.05, 0.1) is 13.0 Å². The summed E-state index contributed by atoms with van der Waals surface area (Å²) >= 11 is 0. The number of amides is 1. The molecule has 0 saturated carbocycles. The van der Waals surface area contributed by atoms with Crippen molar-refractivity contribution in [2.24, 2.45) is 0 Å². The molecule has 5 heteroatoms. The molecule has 1 aliphatic rings. The normalized spacial score (nSPS) is 15.5. The fourth-order valence-corrected chi connectivity index (χ4v) is 1.89. The lowest BCUT2D eigenvalue weighted by Crippen LogP contribution is -2.46. The number of nitrogens with one attached hydrogen (secondary N) is 1. The second kappa shape index (κ2) is 6.35. The molecule has 0 aliphatic carbocycles. The van der Waals surface area contributed by atoms with E-state index in [0.717, 1.165) is 26.2 Å². The van der Waals surface area contributed by atoms with Crippen LogP contribution in [0.4, 0.5) is 4.39 Å². The first-order chi connectivity index (χ1) is 8.75. The van der Waals surface area contributed by atoms with Gasteiger partial charge in [-0.05, 0) is 12.1 Å². The molecule has 0 spiro atoms. The number of carbonyl (C=O) groups excluding carboxylic acids is 1. The summed E-state index contributed by atoms with van der Waals surface area (Å²) in [5.41, 5.74) is 0. The largest absolute Gasteiger partial charge is 0.493 e. The monoisotopic (exact) mass is 252 g/mol. The summed E-state index contributed by atoms with van der Waals surface area (Å²) in [4.78, 5) is 13.6. The predicted molar refractivity (Wildman–Crippen MR) is 66.0 cm³/mol. The Balaban J connectivity index is 1.73. The maximum absolute atomic E-state index is 12.9. The van der Waals surface area contributed by atoms with E-state index in [4.69, 9.17) is 4.74 Å². The van der Waals surface area contributed by atoms with Crippen LogP contribution in [-0.4, -0.2) is 43.6 Å². The fraction of sp³-hybridized carbons (Fsp3) is 0.462. The zero-order chi connectivity index (χ0) is 12.8. The lowest BCUT2D eigenvalue weighted by molar-refractivity contribution is -0.132. The Morgan fingerprint density at radius 1 is 1.39 bits per heavy atom. The molecule has 0 atom stereocenters. The standard InChI is InChI=1S/C13H17FN2O2/c14-11-2-1-3-12(10-11)18-9-4-13(17)16-7-5-15-6-8-16/h1-3,10,15H,4-9H2. The Kier molecular flexibility index (Phi) is 4.52. The van der Waals surface area contributed by atoms with E-state index >= 15 is 0 Å². The van der Waals surface area contributed by atoms with Crippen LogP contribution in [0.1, 0.15) is 6.42 Å². The van der Waals surface area contributed by atoms with Gasteiger partial charge in [0, 0.05) is 32.2 Å². The highest BCUT2D eigenvalue weighted by Crippen LogP contribution is 2.12. The molecule has 18 heavy (non-hydrogen) atoms. The van der Waals surface area contributed by atoms with Crippen LogP contribution in [0.15, 0.2) is 24.3 Å². The third kappa shape index (κ3) is 3.70. The van der Waals surface area contributed by atoms with Crippen LogP contribution >= 0.6 is 0 Å². The zero-order valence-corrected chi connectivity index (χ0v) is 10.2. The average Bonchev–Trinajstić information content (AvgIpc) is 2.40. The lowest BCUT2D eigenvalue weighted by atomic mass is 10.3. The summed E-state index contributed by atoms with van der Waals surface area (Å²) < 4.78 is 18.2. The Hall–Kier alpha value is -1.62. The number of nitrogens with zero attached hydrogens (tertiary/aromatic N) is 1. The highest BCUT2D eigenvalue weighted by Gasteiger charge is 2.15. The van der Waals surface area contributed by atoms with E-state index in [2.05, 4.69) is 5.32 Å². The second-order valence-corrected chi connectivity index (χ2v) is 4.19. The first kappa shape index (κ1) is 12.8. The van der Waals surface area contributed by atoms with Crippen LogP contribution in [0.3, 0.4) is 0 Å². The van der Waals surface area contributed by atoms with Crippen molar-refractivity contribution < 1.29 is 13.9 Å². The van der Waals surface area contributed by atoms with Crippen LogP contribution in [-0.2, 0) is 4.79 Å². The molecule has 1 aromatic carbocycles. The van der Waals surface area contributed by atoms with Crippen LogP contribution < -0.4 is 10.1 Å². The van der Waals surface area contributed by atoms with Crippen molar-refractivity contribution in [2.75, 3.05) is 32.8 Å². The lowest BCUT2D eigenvalue weighted by Gasteiger charge is -2.27. The zero-order valence-electron chi connectivity index (χ0n) is 10.2. The maximum Gasteiger partial charge on any atom is 0.226 e. The van der Waals surface area contributed by atoms with Crippen LogP contribution in [0.5, 0.6) is 5.75 Å². The average molecular weight is 252 g/mol. The number of halogens is 1. The van der Waals surface area contributed by atoms with Gasteiger partial charge in [-0.15, -0.1) is 0 Å². The Morgan fingerprint density at radius 3 is 2.89 bits per heavy atom. The summed E-state index contributed by atoms with van der Waals surface area (Å²) in [5, 5.41) is 3.19. The van der Waals surface area contributed by atoms with Gasteiger partial charge in [0.25, 0.3) is 0 Å². The first-order valence-electron chi connectivity index (χ1n) is 6.12. The van der Waals surface area contributed by atoms with E-state index in [1.54, 1.807) is 12.1 Å². The van der Waals surface area contributed by atoms with Gasteiger partial charge in [-0.2, -0.15) is 0 Å². The molecular formula is C13H17FN2O2. The van der Waals surface area contributed by atoms with E-state index in [1.165, 1.54) is 12.1 Å². The molecule has 1 amide bonds. The summed E-state index contributed by atoms with van der Waals surface area (Å²) in [6, 6.07) is 5.94. The van der Waals surface area contributed by atoms with Crippen molar-refractivity contribution in [2.45, 2.75) is 6.42 Å². The molecular weight excluding hydrogens is 235 g/mol. The molecule has 0 bridgehead atoms. The summed E-state index contributed by atoms with van der Waals surface area (Å²) in [6.45, 7) is 3.47. The molecule has 4 nitrogen and oxygen atoms in total. The highest BCUT2D eigenvalue weighted by atomic mass is 19.1. The smallest absolute Gasteiger partial charge is 0.226 e. The molecule has 0 aromatic heterocycles. The van der Waals surface area contributed by atoms with Crippen molar-refractivity contribution in [1.29, 1.82) is 0 Å². The molecule has 1 fully saturated rings. The molecule has 2 rings (SSSR count). The van der Waals surface area contributed by atoms with Gasteiger partial charge in [-0.25, -0.2) is 4.39 Å². The minimum absolute atomic E-state index is 0.0907. The van der Waals surface area contributed by atoms with Gasteiger partial charge in [0.2, 0.25) is 5.91 Å². The van der Waals surface area contributed by atoms with E-state index in [9.17, 15) is 9.18 Å². The number of hydrogen-bond acceptors (Lipinski definition) is 3. The highest BCUT2D eigenvalue weighted by molar-refractivity contribution is 5.76. The third-order valence-electron chi connectivity index (χ3n) is 2.85. The van der Waals surface area contributed by atoms with Crippen LogP contribution in [0.25, 0.3) is 0 Å². The summed E-state index contributed by atoms with van der Waals surface area (Å²) in [6.07, 6.45) is 0.330. The van der Waals surface area contributed by atoms with Gasteiger partial charge < -0.3 is 15.0 Å².